The van der Waals surface area contributed by atoms with Crippen LogP contribution in [0.25, 0.3) is 11.1 Å². The van der Waals surface area contributed by atoms with E-state index in [1.54, 1.807) is 11.1 Å². The highest BCUT2D eigenvalue weighted by Gasteiger charge is 2.56. The molecule has 0 spiro atoms. The lowest BCUT2D eigenvalue weighted by molar-refractivity contribution is 0.275. The Balaban J connectivity index is 1.08. The average molecular weight is 650 g/mol. The van der Waals surface area contributed by atoms with Crippen molar-refractivity contribution in [2.24, 2.45) is 17.8 Å². The minimum atomic E-state index is -0.0440. The van der Waals surface area contributed by atoms with Gasteiger partial charge < -0.3 is 4.90 Å². The Kier molecular flexibility index (Phi) is 8.37. The Bertz CT molecular complexity index is 2010. The molecule has 0 radical (unpaired) electrons. The van der Waals surface area contributed by atoms with Crippen molar-refractivity contribution >= 4 is 16.8 Å². The highest BCUT2D eigenvalue weighted by Crippen LogP contribution is 2.62. The van der Waals surface area contributed by atoms with Gasteiger partial charge in [-0.05, 0) is 109 Å². The predicted octanol–water partition coefficient (Wildman–Crippen LogP) is 12.3. The van der Waals surface area contributed by atoms with Crippen molar-refractivity contribution < 1.29 is 0 Å². The zero-order chi connectivity index (χ0) is 33.3. The number of nitrogens with zero attached hydrogens (tertiary/aromatic N) is 1. The number of rotatable bonds is 7. The van der Waals surface area contributed by atoms with E-state index >= 15 is 0 Å². The van der Waals surface area contributed by atoms with Crippen molar-refractivity contribution in [1.82, 2.24) is 0 Å². The van der Waals surface area contributed by atoms with E-state index in [9.17, 15) is 0 Å². The number of hydrogen-bond donors (Lipinski definition) is 0. The largest absolute Gasteiger partial charge is 0.338 e. The number of allylic oxidation sites excluding steroid dienone is 16. The summed E-state index contributed by atoms with van der Waals surface area (Å²) in [6.07, 6.45) is 40.5. The van der Waals surface area contributed by atoms with Crippen molar-refractivity contribution in [3.05, 3.63) is 197 Å². The molecule has 0 bridgehead atoms. The van der Waals surface area contributed by atoms with Crippen molar-refractivity contribution in [3.63, 3.8) is 0 Å². The summed E-state index contributed by atoms with van der Waals surface area (Å²) in [5.74, 6) is 1.27. The van der Waals surface area contributed by atoms with Crippen LogP contribution < -0.4 is 4.90 Å². The Morgan fingerprint density at radius 3 is 2.16 bits per heavy atom. The van der Waals surface area contributed by atoms with Crippen molar-refractivity contribution in [3.8, 4) is 0 Å². The smallest absolute Gasteiger partial charge is 0.0413 e. The summed E-state index contributed by atoms with van der Waals surface area (Å²) < 4.78 is 0. The third kappa shape index (κ3) is 5.39. The zero-order valence-electron chi connectivity index (χ0n) is 29.0. The second-order valence-electron chi connectivity index (χ2n) is 14.8. The molecule has 5 atom stereocenters. The van der Waals surface area contributed by atoms with E-state index in [1.807, 2.05) is 0 Å². The van der Waals surface area contributed by atoms with E-state index in [0.29, 0.717) is 23.8 Å². The molecule has 9 rings (SSSR count). The maximum absolute atomic E-state index is 2.67. The molecule has 3 aromatic carbocycles. The molecular weight excluding hydrogens is 603 g/mol. The molecule has 0 aromatic heterocycles. The van der Waals surface area contributed by atoms with Gasteiger partial charge in [-0.3, -0.25) is 0 Å². The lowest BCUT2D eigenvalue weighted by Crippen LogP contribution is -2.43. The number of anilines is 1. The first kappa shape index (κ1) is 31.1. The van der Waals surface area contributed by atoms with E-state index in [0.717, 1.165) is 51.4 Å². The molecule has 3 aromatic rings. The van der Waals surface area contributed by atoms with Crippen LogP contribution >= 0.6 is 0 Å². The van der Waals surface area contributed by atoms with Crippen LogP contribution in [-0.2, 0) is 5.41 Å². The van der Waals surface area contributed by atoms with Crippen molar-refractivity contribution in [2.45, 2.75) is 62.8 Å². The van der Waals surface area contributed by atoms with Gasteiger partial charge in [-0.2, -0.15) is 0 Å². The van der Waals surface area contributed by atoms with E-state index in [4.69, 9.17) is 0 Å². The summed E-state index contributed by atoms with van der Waals surface area (Å²) >= 11 is 0. The SMILES string of the molecule is C1=CC2C3=C(CCC=C3)C(c3ccccc3)(C3C=CC(N(c4ccc(C5=CCCC=C5)cc4)C4CC=C(c5ccccc5)CC4)=CC3)C2C=C1. The van der Waals surface area contributed by atoms with Gasteiger partial charge in [0, 0.05) is 34.7 Å². The van der Waals surface area contributed by atoms with E-state index in [1.165, 1.54) is 39.2 Å². The maximum Gasteiger partial charge on any atom is 0.0413 e. The first-order valence-corrected chi connectivity index (χ1v) is 19.0. The molecule has 0 heterocycles. The predicted molar refractivity (Wildman–Crippen MR) is 211 cm³/mol. The highest BCUT2D eigenvalue weighted by molar-refractivity contribution is 5.76. The Morgan fingerprint density at radius 1 is 0.620 bits per heavy atom. The van der Waals surface area contributed by atoms with Gasteiger partial charge in [-0.1, -0.05) is 151 Å². The van der Waals surface area contributed by atoms with Gasteiger partial charge in [0.05, 0.1) is 0 Å². The second kappa shape index (κ2) is 13.4. The van der Waals surface area contributed by atoms with Gasteiger partial charge in [0.15, 0.2) is 0 Å². The summed E-state index contributed by atoms with van der Waals surface area (Å²) in [5, 5.41) is 0. The minimum Gasteiger partial charge on any atom is -0.338 e. The molecule has 0 fully saturated rings. The lowest BCUT2D eigenvalue weighted by Gasteiger charge is -2.46. The quantitative estimate of drug-likeness (QED) is 0.246. The normalized spacial score (nSPS) is 28.1. The van der Waals surface area contributed by atoms with Crippen LogP contribution in [0.5, 0.6) is 0 Å². The molecule has 248 valence electrons. The van der Waals surface area contributed by atoms with Crippen LogP contribution in [0.3, 0.4) is 0 Å². The molecule has 1 nitrogen and oxygen atoms in total. The second-order valence-corrected chi connectivity index (χ2v) is 14.8. The maximum atomic E-state index is 2.67. The first-order chi connectivity index (χ1) is 24.8. The van der Waals surface area contributed by atoms with E-state index in [-0.39, 0.29) is 5.41 Å². The molecule has 5 unspecified atom stereocenters. The fourth-order valence-electron chi connectivity index (χ4n) is 10.1. The van der Waals surface area contributed by atoms with Crippen molar-refractivity contribution in [1.29, 1.82) is 0 Å². The van der Waals surface area contributed by atoms with Gasteiger partial charge in [-0.15, -0.1) is 0 Å². The summed E-state index contributed by atoms with van der Waals surface area (Å²) in [6, 6.07) is 32.3. The monoisotopic (exact) mass is 649 g/mol. The molecule has 1 heteroatoms. The Hall–Kier alpha value is -4.88. The third-order valence-electron chi connectivity index (χ3n) is 12.3. The summed E-state index contributed by atoms with van der Waals surface area (Å²) in [7, 11) is 0. The Labute approximate surface area is 298 Å². The van der Waals surface area contributed by atoms with E-state index < -0.39 is 0 Å². The molecular formula is C49H47N. The van der Waals surface area contributed by atoms with Gasteiger partial charge >= 0.3 is 0 Å². The summed E-state index contributed by atoms with van der Waals surface area (Å²) in [6.45, 7) is 0. The first-order valence-electron chi connectivity index (χ1n) is 19.0. The van der Waals surface area contributed by atoms with Crippen LogP contribution in [0, 0.1) is 17.8 Å². The molecule has 0 amide bonds. The van der Waals surface area contributed by atoms with Crippen LogP contribution in [0.15, 0.2) is 181 Å². The van der Waals surface area contributed by atoms with Crippen LogP contribution in [0.2, 0.25) is 0 Å². The summed E-state index contributed by atoms with van der Waals surface area (Å²) in [4.78, 5) is 2.67. The van der Waals surface area contributed by atoms with Gasteiger partial charge in [-0.25, -0.2) is 0 Å². The molecule has 0 saturated heterocycles. The van der Waals surface area contributed by atoms with Gasteiger partial charge in [0.1, 0.15) is 0 Å². The topological polar surface area (TPSA) is 3.24 Å². The highest BCUT2D eigenvalue weighted by atomic mass is 15.2. The van der Waals surface area contributed by atoms with Gasteiger partial charge in [0.2, 0.25) is 0 Å². The molecule has 0 N–H and O–H groups in total. The number of benzene rings is 3. The Morgan fingerprint density at radius 2 is 1.42 bits per heavy atom. The van der Waals surface area contributed by atoms with Crippen LogP contribution in [0.1, 0.15) is 68.1 Å². The molecule has 6 aliphatic carbocycles. The average Bonchev–Trinajstić information content (AvgIpc) is 3.51. The standard InChI is InChI=1S/C49H47N/c1-4-14-36(15-5-1)38-24-30-42(31-25-38)50(43-32-26-39(27-33-43)37-16-6-2-7-17-37)44-34-28-41(29-35-44)49(40-18-8-3-9-19-40)47-22-12-10-20-45(47)46-21-11-13-23-48(46)49/h1,3-6,8-12,14-22,24,26-28,32-35,41-42,45,47H,2,7,13,23,25,29-31H2. The third-order valence-corrected chi connectivity index (χ3v) is 12.3. The van der Waals surface area contributed by atoms with Crippen molar-refractivity contribution in [2.75, 3.05) is 4.90 Å². The number of hydrogen-bond acceptors (Lipinski definition) is 1. The zero-order valence-corrected chi connectivity index (χ0v) is 29.0. The number of fused-ring (bicyclic) bond motifs is 2. The van der Waals surface area contributed by atoms with Gasteiger partial charge in [0.25, 0.3) is 0 Å². The molecule has 50 heavy (non-hydrogen) atoms. The molecule has 0 aliphatic heterocycles. The fourth-order valence-corrected chi connectivity index (χ4v) is 10.1. The van der Waals surface area contributed by atoms with Crippen LogP contribution in [0.4, 0.5) is 5.69 Å². The minimum absolute atomic E-state index is 0.0440. The molecule has 6 aliphatic rings. The molecule has 0 saturated carbocycles. The summed E-state index contributed by atoms with van der Waals surface area (Å²) in [5.41, 5.74) is 12.8. The fraction of sp³-hybridized carbons (Fsp3) is 0.265. The lowest BCUT2D eigenvalue weighted by atomic mass is 9.57. The van der Waals surface area contributed by atoms with Crippen LogP contribution in [-0.4, -0.2) is 6.04 Å². The van der Waals surface area contributed by atoms with E-state index in [2.05, 4.69) is 169 Å².